The van der Waals surface area contributed by atoms with Gasteiger partial charge in [0.15, 0.2) is 18.1 Å². The van der Waals surface area contributed by atoms with Gasteiger partial charge in [-0.1, -0.05) is 0 Å². The molecule has 0 aliphatic heterocycles. The van der Waals surface area contributed by atoms with Gasteiger partial charge in [-0.2, -0.15) is 5.10 Å². The number of benzene rings is 2. The maximum absolute atomic E-state index is 12.3. The van der Waals surface area contributed by atoms with Crippen LogP contribution in [0.2, 0.25) is 0 Å². The van der Waals surface area contributed by atoms with Crippen molar-refractivity contribution in [3.8, 4) is 17.2 Å². The van der Waals surface area contributed by atoms with Crippen LogP contribution in [0.3, 0.4) is 0 Å². The van der Waals surface area contributed by atoms with E-state index < -0.39 is 18.5 Å². The fraction of sp³-hybridized carbons (Fsp3) is 0.211. The third kappa shape index (κ3) is 5.46. The SMILES string of the molecule is COc1ccc(C(=O)N/N=C(/C)c2ccc(OCC(=O)O)cc2)cc1OC. The summed E-state index contributed by atoms with van der Waals surface area (Å²) in [6.07, 6.45) is 0. The number of carboxylic acids is 1. The lowest BCUT2D eigenvalue weighted by Gasteiger charge is -2.09. The molecule has 0 radical (unpaired) electrons. The first-order chi connectivity index (χ1) is 12.9. The number of hydrogen-bond donors (Lipinski definition) is 2. The quantitative estimate of drug-likeness (QED) is 0.544. The molecule has 0 saturated carbocycles. The van der Waals surface area contributed by atoms with Crippen molar-refractivity contribution < 1.29 is 28.9 Å². The van der Waals surface area contributed by atoms with E-state index in [4.69, 9.17) is 19.3 Å². The smallest absolute Gasteiger partial charge is 0.341 e. The number of aliphatic carboxylic acids is 1. The van der Waals surface area contributed by atoms with Crippen molar-refractivity contribution in [2.45, 2.75) is 6.92 Å². The molecule has 2 rings (SSSR count). The van der Waals surface area contributed by atoms with Gasteiger partial charge in [-0.15, -0.1) is 0 Å². The van der Waals surface area contributed by atoms with E-state index in [9.17, 15) is 9.59 Å². The lowest BCUT2D eigenvalue weighted by molar-refractivity contribution is -0.139. The number of carbonyl (C=O) groups is 2. The summed E-state index contributed by atoms with van der Waals surface area (Å²) < 4.78 is 15.4. The van der Waals surface area contributed by atoms with E-state index >= 15 is 0 Å². The van der Waals surface area contributed by atoms with Gasteiger partial charge >= 0.3 is 5.97 Å². The molecule has 0 unspecified atom stereocenters. The molecule has 1 amide bonds. The summed E-state index contributed by atoms with van der Waals surface area (Å²) >= 11 is 0. The van der Waals surface area contributed by atoms with Gasteiger partial charge in [-0.3, -0.25) is 4.79 Å². The molecular formula is C19H20N2O6. The molecule has 2 N–H and O–H groups in total. The Bertz CT molecular complexity index is 846. The second-order valence-corrected chi connectivity index (χ2v) is 5.41. The number of hydrazone groups is 1. The van der Waals surface area contributed by atoms with E-state index in [1.54, 1.807) is 49.4 Å². The molecule has 0 aliphatic rings. The Labute approximate surface area is 156 Å². The van der Waals surface area contributed by atoms with Gasteiger partial charge in [0.1, 0.15) is 5.75 Å². The Morgan fingerprint density at radius 1 is 1.00 bits per heavy atom. The van der Waals surface area contributed by atoms with Crippen LogP contribution in [-0.2, 0) is 4.79 Å². The molecule has 0 spiro atoms. The molecular weight excluding hydrogens is 352 g/mol. The molecule has 0 aliphatic carbocycles. The van der Waals surface area contributed by atoms with E-state index in [1.165, 1.54) is 14.2 Å². The normalized spacial score (nSPS) is 10.9. The largest absolute Gasteiger partial charge is 0.493 e. The van der Waals surface area contributed by atoms with Crippen molar-refractivity contribution in [2.75, 3.05) is 20.8 Å². The van der Waals surface area contributed by atoms with Gasteiger partial charge in [-0.05, 0) is 55.0 Å². The molecule has 0 heterocycles. The maximum atomic E-state index is 12.3. The summed E-state index contributed by atoms with van der Waals surface area (Å²) in [6, 6.07) is 11.5. The summed E-state index contributed by atoms with van der Waals surface area (Å²) in [5.41, 5.74) is 4.19. The lowest BCUT2D eigenvalue weighted by Crippen LogP contribution is -2.19. The molecule has 8 heteroatoms. The summed E-state index contributed by atoms with van der Waals surface area (Å²) in [6.45, 7) is 1.33. The first-order valence-electron chi connectivity index (χ1n) is 7.96. The Balaban J connectivity index is 2.04. The van der Waals surface area contributed by atoms with Crippen LogP contribution in [0, 0.1) is 0 Å². The van der Waals surface area contributed by atoms with Crippen LogP contribution in [0.5, 0.6) is 17.2 Å². The van der Waals surface area contributed by atoms with Gasteiger partial charge in [0.25, 0.3) is 5.91 Å². The second-order valence-electron chi connectivity index (χ2n) is 5.41. The van der Waals surface area contributed by atoms with Crippen molar-refractivity contribution in [3.63, 3.8) is 0 Å². The number of hydrogen-bond acceptors (Lipinski definition) is 6. The van der Waals surface area contributed by atoms with Crippen LogP contribution in [0.1, 0.15) is 22.8 Å². The zero-order chi connectivity index (χ0) is 19.8. The molecule has 0 saturated heterocycles. The average molecular weight is 372 g/mol. The number of ether oxygens (including phenoxy) is 3. The molecule has 142 valence electrons. The highest BCUT2D eigenvalue weighted by Gasteiger charge is 2.10. The number of nitrogens with zero attached hydrogens (tertiary/aromatic N) is 1. The summed E-state index contributed by atoms with van der Waals surface area (Å²) in [5, 5.41) is 12.7. The topological polar surface area (TPSA) is 106 Å². The Hall–Kier alpha value is -3.55. The molecule has 0 atom stereocenters. The van der Waals surface area contributed by atoms with Crippen molar-refractivity contribution in [1.29, 1.82) is 0 Å². The summed E-state index contributed by atoms with van der Waals surface area (Å²) in [4.78, 5) is 22.8. The predicted octanol–water partition coefficient (Wildman–Crippen LogP) is 2.32. The van der Waals surface area contributed by atoms with Gasteiger partial charge < -0.3 is 19.3 Å². The third-order valence-electron chi connectivity index (χ3n) is 3.61. The molecule has 0 bridgehead atoms. The van der Waals surface area contributed by atoms with Gasteiger partial charge in [0.2, 0.25) is 0 Å². The number of rotatable bonds is 8. The fourth-order valence-electron chi connectivity index (χ4n) is 2.18. The van der Waals surface area contributed by atoms with Gasteiger partial charge in [0, 0.05) is 5.56 Å². The zero-order valence-electron chi connectivity index (χ0n) is 15.2. The van der Waals surface area contributed by atoms with Crippen LogP contribution in [-0.4, -0.2) is 43.5 Å². The number of methoxy groups -OCH3 is 2. The number of carbonyl (C=O) groups excluding carboxylic acids is 1. The van der Waals surface area contributed by atoms with E-state index in [2.05, 4.69) is 10.5 Å². The molecule has 27 heavy (non-hydrogen) atoms. The minimum Gasteiger partial charge on any atom is -0.493 e. The first-order valence-corrected chi connectivity index (χ1v) is 7.96. The standard InChI is InChI=1S/C19H20N2O6/c1-12(13-4-7-15(8-5-13)27-11-18(22)23)20-21-19(24)14-6-9-16(25-2)17(10-14)26-3/h4-10H,11H2,1-3H3,(H,21,24)(H,22,23)/b20-12-. The summed E-state index contributed by atoms with van der Waals surface area (Å²) in [5.74, 6) is -0.0311. The second kappa shape index (κ2) is 9.23. The third-order valence-corrected chi connectivity index (χ3v) is 3.61. The highest BCUT2D eigenvalue weighted by molar-refractivity contribution is 6.01. The van der Waals surface area contributed by atoms with Crippen LogP contribution < -0.4 is 19.6 Å². The van der Waals surface area contributed by atoms with E-state index in [1.807, 2.05) is 0 Å². The van der Waals surface area contributed by atoms with E-state index in [0.717, 1.165) is 5.56 Å². The van der Waals surface area contributed by atoms with Crippen molar-refractivity contribution in [3.05, 3.63) is 53.6 Å². The van der Waals surface area contributed by atoms with Gasteiger partial charge in [0.05, 0.1) is 19.9 Å². The molecule has 8 nitrogen and oxygen atoms in total. The highest BCUT2D eigenvalue weighted by atomic mass is 16.5. The minimum atomic E-state index is -1.05. The monoisotopic (exact) mass is 372 g/mol. The van der Waals surface area contributed by atoms with E-state index in [-0.39, 0.29) is 0 Å². The summed E-state index contributed by atoms with van der Waals surface area (Å²) in [7, 11) is 3.01. The van der Waals surface area contributed by atoms with Crippen molar-refractivity contribution >= 4 is 17.6 Å². The number of nitrogens with one attached hydrogen (secondary N) is 1. The van der Waals surface area contributed by atoms with E-state index in [0.29, 0.717) is 28.5 Å². The first kappa shape index (κ1) is 19.8. The average Bonchev–Trinajstić information content (AvgIpc) is 2.69. The lowest BCUT2D eigenvalue weighted by atomic mass is 10.1. The minimum absolute atomic E-state index is 0.376. The highest BCUT2D eigenvalue weighted by Crippen LogP contribution is 2.27. The fourth-order valence-corrected chi connectivity index (χ4v) is 2.18. The zero-order valence-corrected chi connectivity index (χ0v) is 15.2. The molecule has 2 aromatic rings. The molecule has 2 aromatic carbocycles. The number of amides is 1. The Morgan fingerprint density at radius 2 is 1.63 bits per heavy atom. The van der Waals surface area contributed by atoms with Crippen molar-refractivity contribution in [1.82, 2.24) is 5.43 Å². The Morgan fingerprint density at radius 3 is 2.22 bits per heavy atom. The Kier molecular flexibility index (Phi) is 6.76. The predicted molar refractivity (Wildman–Crippen MR) is 98.8 cm³/mol. The van der Waals surface area contributed by atoms with Crippen LogP contribution in [0.4, 0.5) is 0 Å². The van der Waals surface area contributed by atoms with Crippen LogP contribution in [0.15, 0.2) is 47.6 Å². The van der Waals surface area contributed by atoms with Crippen molar-refractivity contribution in [2.24, 2.45) is 5.10 Å². The number of carboxylic acid groups (broad SMARTS) is 1. The maximum Gasteiger partial charge on any atom is 0.341 e. The molecule has 0 aromatic heterocycles. The van der Waals surface area contributed by atoms with Crippen LogP contribution >= 0.6 is 0 Å². The van der Waals surface area contributed by atoms with Crippen LogP contribution in [0.25, 0.3) is 0 Å². The molecule has 0 fully saturated rings. The van der Waals surface area contributed by atoms with Gasteiger partial charge in [-0.25, -0.2) is 10.2 Å².